The summed E-state index contributed by atoms with van der Waals surface area (Å²) in [6.45, 7) is 1.27. The summed E-state index contributed by atoms with van der Waals surface area (Å²) >= 11 is 0. The van der Waals surface area contributed by atoms with Crippen LogP contribution >= 0.6 is 0 Å². The predicted octanol–water partition coefficient (Wildman–Crippen LogP) is 3.93. The van der Waals surface area contributed by atoms with Crippen LogP contribution in [-0.4, -0.2) is 39.0 Å². The molecular weight excluding hydrogens is 402 g/mol. The second kappa shape index (κ2) is 7.92. The first-order valence-electron chi connectivity index (χ1n) is 10.0. The minimum Gasteiger partial charge on any atom is -0.383 e. The predicted molar refractivity (Wildman–Crippen MR) is 114 cm³/mol. The van der Waals surface area contributed by atoms with Gasteiger partial charge in [0.1, 0.15) is 17.5 Å². The van der Waals surface area contributed by atoms with Crippen molar-refractivity contribution in [1.82, 2.24) is 19.7 Å². The van der Waals surface area contributed by atoms with E-state index in [2.05, 4.69) is 20.4 Å². The van der Waals surface area contributed by atoms with Gasteiger partial charge in [0.15, 0.2) is 5.65 Å². The molecule has 0 bridgehead atoms. The number of rotatable bonds is 5. The second-order valence-corrected chi connectivity index (χ2v) is 7.37. The molecule has 0 amide bonds. The Balaban J connectivity index is 1.66. The number of benzene rings is 2. The van der Waals surface area contributed by atoms with Gasteiger partial charge in [-0.15, -0.1) is 5.10 Å². The van der Waals surface area contributed by atoms with Gasteiger partial charge in [-0.1, -0.05) is 18.2 Å². The zero-order valence-corrected chi connectivity index (χ0v) is 16.6. The van der Waals surface area contributed by atoms with Crippen LogP contribution in [0.25, 0.3) is 28.0 Å². The van der Waals surface area contributed by atoms with Gasteiger partial charge in [-0.25, -0.2) is 18.4 Å². The molecule has 5 rings (SSSR count). The third-order valence-electron chi connectivity index (χ3n) is 5.26. The zero-order valence-electron chi connectivity index (χ0n) is 16.6. The van der Waals surface area contributed by atoms with Crippen LogP contribution in [0, 0.1) is 11.6 Å². The molecule has 0 saturated carbocycles. The highest BCUT2D eigenvalue weighted by molar-refractivity contribution is 5.99. The van der Waals surface area contributed by atoms with E-state index in [0.29, 0.717) is 29.3 Å². The van der Waals surface area contributed by atoms with Crippen molar-refractivity contribution in [3.05, 3.63) is 60.2 Å². The first-order chi connectivity index (χ1) is 15.1. The van der Waals surface area contributed by atoms with E-state index in [9.17, 15) is 8.78 Å². The first-order valence-corrected chi connectivity index (χ1v) is 10.0. The van der Waals surface area contributed by atoms with Crippen molar-refractivity contribution < 1.29 is 13.5 Å². The minimum absolute atomic E-state index is 0.0751. The van der Waals surface area contributed by atoms with Gasteiger partial charge in [-0.05, 0) is 43.2 Å². The number of halogens is 2. The van der Waals surface area contributed by atoms with E-state index in [4.69, 9.17) is 10.5 Å². The van der Waals surface area contributed by atoms with E-state index in [1.165, 1.54) is 22.9 Å². The molecular formula is C22H20F2N6O. The molecule has 1 atom stereocenters. The Morgan fingerprint density at radius 3 is 2.77 bits per heavy atom. The highest BCUT2D eigenvalue weighted by atomic mass is 19.1. The quantitative estimate of drug-likeness (QED) is 0.506. The van der Waals surface area contributed by atoms with E-state index in [0.717, 1.165) is 19.4 Å². The van der Waals surface area contributed by atoms with E-state index in [1.54, 1.807) is 30.3 Å². The molecule has 158 valence electrons. The van der Waals surface area contributed by atoms with Crippen molar-refractivity contribution in [3.63, 3.8) is 0 Å². The van der Waals surface area contributed by atoms with Gasteiger partial charge in [0.05, 0.1) is 22.9 Å². The Labute approximate surface area is 176 Å². The molecule has 0 radical (unpaired) electrons. The Bertz CT molecular complexity index is 1250. The maximum Gasteiger partial charge on any atom is 0.225 e. The number of nitrogens with two attached hydrogens (primary N) is 1. The number of fused-ring (bicyclic) bond motifs is 1. The summed E-state index contributed by atoms with van der Waals surface area (Å²) in [6.07, 6.45) is 2.05. The van der Waals surface area contributed by atoms with Crippen LogP contribution in [0.5, 0.6) is 0 Å². The highest BCUT2D eigenvalue weighted by Crippen LogP contribution is 2.34. The SMILES string of the molecule is Nc1c2c(-c3ccccc3F)nc(NC[C@@H]3CCCO3)nc2nn1-c1cccc(F)c1. The molecule has 1 saturated heterocycles. The summed E-state index contributed by atoms with van der Waals surface area (Å²) in [7, 11) is 0. The molecule has 7 nitrogen and oxygen atoms in total. The van der Waals surface area contributed by atoms with Crippen LogP contribution < -0.4 is 11.1 Å². The van der Waals surface area contributed by atoms with Crippen molar-refractivity contribution in [2.24, 2.45) is 0 Å². The monoisotopic (exact) mass is 422 g/mol. The zero-order chi connectivity index (χ0) is 21.4. The van der Waals surface area contributed by atoms with Gasteiger partial charge < -0.3 is 15.8 Å². The summed E-state index contributed by atoms with van der Waals surface area (Å²) in [6, 6.07) is 12.2. The van der Waals surface area contributed by atoms with Gasteiger partial charge in [0.2, 0.25) is 5.95 Å². The third kappa shape index (κ3) is 3.68. The van der Waals surface area contributed by atoms with Crippen molar-refractivity contribution in [2.75, 3.05) is 24.2 Å². The first kappa shape index (κ1) is 19.4. The number of anilines is 2. The van der Waals surface area contributed by atoms with E-state index in [-0.39, 0.29) is 23.1 Å². The molecule has 3 N–H and O–H groups in total. The molecule has 2 aromatic carbocycles. The molecule has 2 aromatic heterocycles. The number of aromatic nitrogens is 4. The van der Waals surface area contributed by atoms with Gasteiger partial charge in [-0.3, -0.25) is 0 Å². The van der Waals surface area contributed by atoms with E-state index < -0.39 is 11.6 Å². The lowest BCUT2D eigenvalue weighted by Gasteiger charge is -2.12. The fourth-order valence-electron chi connectivity index (χ4n) is 3.75. The highest BCUT2D eigenvalue weighted by Gasteiger charge is 2.22. The summed E-state index contributed by atoms with van der Waals surface area (Å²) in [5, 5.41) is 8.03. The second-order valence-electron chi connectivity index (χ2n) is 7.37. The number of ether oxygens (including phenoxy) is 1. The van der Waals surface area contributed by atoms with E-state index >= 15 is 0 Å². The van der Waals surface area contributed by atoms with Crippen LogP contribution in [0.3, 0.4) is 0 Å². The fraction of sp³-hybridized carbons (Fsp3) is 0.227. The maximum atomic E-state index is 14.7. The van der Waals surface area contributed by atoms with Gasteiger partial charge in [0.25, 0.3) is 0 Å². The largest absolute Gasteiger partial charge is 0.383 e. The smallest absolute Gasteiger partial charge is 0.225 e. The summed E-state index contributed by atoms with van der Waals surface area (Å²) in [4.78, 5) is 9.03. The lowest BCUT2D eigenvalue weighted by Crippen LogP contribution is -2.19. The van der Waals surface area contributed by atoms with Gasteiger partial charge in [-0.2, -0.15) is 4.98 Å². The molecule has 1 aliphatic rings. The molecule has 3 heterocycles. The standard InChI is InChI=1S/C22H20F2N6O/c23-13-5-3-6-14(11-13)30-20(25)18-19(16-8-1-2-9-17(16)24)27-22(28-21(18)29-30)26-12-15-7-4-10-31-15/h1-3,5-6,8-9,11,15H,4,7,10,12,25H2,(H,26,28,29)/t15-/m0/s1. The Hall–Kier alpha value is -3.59. The summed E-state index contributed by atoms with van der Waals surface area (Å²) in [5.74, 6) is -0.365. The van der Waals surface area contributed by atoms with Crippen molar-refractivity contribution in [3.8, 4) is 16.9 Å². The topological polar surface area (TPSA) is 90.9 Å². The number of hydrogen-bond acceptors (Lipinski definition) is 6. The van der Waals surface area contributed by atoms with Crippen LogP contribution in [0.1, 0.15) is 12.8 Å². The normalized spacial score (nSPS) is 16.1. The fourth-order valence-corrected chi connectivity index (χ4v) is 3.75. The molecule has 9 heteroatoms. The van der Waals surface area contributed by atoms with Crippen molar-refractivity contribution >= 4 is 22.8 Å². The Morgan fingerprint density at radius 2 is 2.00 bits per heavy atom. The third-order valence-corrected chi connectivity index (χ3v) is 5.26. The molecule has 1 aliphatic heterocycles. The van der Waals surface area contributed by atoms with Crippen LogP contribution in [-0.2, 0) is 4.74 Å². The summed E-state index contributed by atoms with van der Waals surface area (Å²) < 4.78 is 35.5. The summed E-state index contributed by atoms with van der Waals surface area (Å²) in [5.41, 5.74) is 7.68. The molecule has 0 unspecified atom stereocenters. The van der Waals surface area contributed by atoms with Crippen molar-refractivity contribution in [2.45, 2.75) is 18.9 Å². The maximum absolute atomic E-state index is 14.7. The van der Waals surface area contributed by atoms with Gasteiger partial charge >= 0.3 is 0 Å². The number of hydrogen-bond donors (Lipinski definition) is 2. The van der Waals surface area contributed by atoms with Crippen LogP contribution in [0.4, 0.5) is 20.5 Å². The van der Waals surface area contributed by atoms with Crippen molar-refractivity contribution in [1.29, 1.82) is 0 Å². The molecule has 0 spiro atoms. The van der Waals surface area contributed by atoms with Gasteiger partial charge in [0, 0.05) is 18.7 Å². The number of nitrogens with one attached hydrogen (secondary N) is 1. The average Bonchev–Trinajstić information content (AvgIpc) is 3.40. The number of nitrogens with zero attached hydrogens (tertiary/aromatic N) is 4. The minimum atomic E-state index is -0.439. The molecule has 0 aliphatic carbocycles. The molecule has 31 heavy (non-hydrogen) atoms. The lowest BCUT2D eigenvalue weighted by molar-refractivity contribution is 0.120. The molecule has 4 aromatic rings. The molecule has 1 fully saturated rings. The number of nitrogen functional groups attached to an aromatic ring is 1. The average molecular weight is 422 g/mol. The Morgan fingerprint density at radius 1 is 1.13 bits per heavy atom. The van der Waals surface area contributed by atoms with Crippen LogP contribution in [0.15, 0.2) is 48.5 Å². The van der Waals surface area contributed by atoms with Crippen LogP contribution in [0.2, 0.25) is 0 Å². The van der Waals surface area contributed by atoms with E-state index in [1.807, 2.05) is 0 Å². The Kier molecular flexibility index (Phi) is 4.95. The lowest BCUT2D eigenvalue weighted by atomic mass is 10.1.